The lowest BCUT2D eigenvalue weighted by molar-refractivity contribution is -0.390. The molecule has 1 amide bonds. The molecule has 0 aliphatic rings. The molecule has 1 rings (SSSR count). The Kier molecular flexibility index (Phi) is 3.99. The number of aromatic nitrogens is 2. The molecule has 0 spiro atoms. The number of nitrogens with zero attached hydrogens (tertiary/aromatic N) is 2. The molecule has 1 atom stereocenters. The minimum absolute atomic E-state index is 0.00449. The number of amides is 1. The van der Waals surface area contributed by atoms with Gasteiger partial charge in [-0.15, -0.1) is 5.10 Å². The van der Waals surface area contributed by atoms with Crippen molar-refractivity contribution in [3.63, 3.8) is 0 Å². The van der Waals surface area contributed by atoms with E-state index in [0.717, 1.165) is 6.42 Å². The lowest BCUT2D eigenvalue weighted by Gasteiger charge is -2.09. The fourth-order valence-electron chi connectivity index (χ4n) is 0.985. The molecule has 1 aromatic rings. The Balaban J connectivity index is 2.89. The van der Waals surface area contributed by atoms with Gasteiger partial charge in [-0.1, -0.05) is 12.0 Å². The first-order chi connectivity index (χ1) is 7.47. The van der Waals surface area contributed by atoms with Gasteiger partial charge in [-0.2, -0.15) is 0 Å². The highest BCUT2D eigenvalue weighted by molar-refractivity contribution is 9.10. The summed E-state index contributed by atoms with van der Waals surface area (Å²) in [5, 5.41) is 19.0. The van der Waals surface area contributed by atoms with Gasteiger partial charge in [0.15, 0.2) is 5.69 Å². The van der Waals surface area contributed by atoms with Gasteiger partial charge in [0.2, 0.25) is 0 Å². The van der Waals surface area contributed by atoms with Gasteiger partial charge in [0.05, 0.1) is 0 Å². The quantitative estimate of drug-likeness (QED) is 0.650. The van der Waals surface area contributed by atoms with Gasteiger partial charge < -0.3 is 15.4 Å². The summed E-state index contributed by atoms with van der Waals surface area (Å²) >= 11 is 2.97. The first-order valence-electron chi connectivity index (χ1n) is 4.66. The smallest absolute Gasteiger partial charge is 0.357 e. The number of carbonyl (C=O) groups is 1. The minimum Gasteiger partial charge on any atom is -0.358 e. The topological polar surface area (TPSA) is 101 Å². The van der Waals surface area contributed by atoms with E-state index in [-0.39, 0.29) is 22.0 Å². The van der Waals surface area contributed by atoms with Gasteiger partial charge in [0.25, 0.3) is 5.91 Å². The highest BCUT2D eigenvalue weighted by Crippen LogP contribution is 2.25. The summed E-state index contributed by atoms with van der Waals surface area (Å²) in [6, 6.07) is -0.00449. The van der Waals surface area contributed by atoms with Crippen molar-refractivity contribution < 1.29 is 9.72 Å². The monoisotopic (exact) mass is 290 g/mol. The van der Waals surface area contributed by atoms with Crippen LogP contribution in [0.3, 0.4) is 0 Å². The molecule has 8 heteroatoms. The molecular weight excluding hydrogens is 280 g/mol. The lowest BCUT2D eigenvalue weighted by Crippen LogP contribution is -2.32. The number of hydrogen-bond acceptors (Lipinski definition) is 4. The molecule has 1 heterocycles. The third-order valence-corrected chi connectivity index (χ3v) is 2.83. The maximum atomic E-state index is 11.6. The number of aromatic amines is 1. The summed E-state index contributed by atoms with van der Waals surface area (Å²) in [4.78, 5) is 21.5. The summed E-state index contributed by atoms with van der Waals surface area (Å²) in [5.41, 5.74) is -0.00741. The number of rotatable bonds is 4. The molecule has 0 saturated carbocycles. The van der Waals surface area contributed by atoms with E-state index in [1.165, 1.54) is 0 Å². The molecule has 88 valence electrons. The molecule has 1 unspecified atom stereocenters. The van der Waals surface area contributed by atoms with Crippen LogP contribution >= 0.6 is 15.9 Å². The lowest BCUT2D eigenvalue weighted by atomic mass is 10.2. The molecule has 7 nitrogen and oxygen atoms in total. The largest absolute Gasteiger partial charge is 0.358 e. The molecule has 16 heavy (non-hydrogen) atoms. The molecule has 0 bridgehead atoms. The van der Waals surface area contributed by atoms with Crippen molar-refractivity contribution in [2.75, 3.05) is 0 Å². The second kappa shape index (κ2) is 5.06. The summed E-state index contributed by atoms with van der Waals surface area (Å²) in [6.07, 6.45) is 0.774. The van der Waals surface area contributed by atoms with Crippen LogP contribution in [0.25, 0.3) is 0 Å². The van der Waals surface area contributed by atoms with Crippen molar-refractivity contribution >= 4 is 27.7 Å². The van der Waals surface area contributed by atoms with E-state index in [1.807, 2.05) is 13.8 Å². The molecule has 1 aromatic heterocycles. The Bertz CT molecular complexity index is 417. The number of nitrogens with one attached hydrogen (secondary N) is 2. The molecule has 0 aliphatic heterocycles. The number of halogens is 1. The summed E-state index contributed by atoms with van der Waals surface area (Å²) < 4.78 is 0.0679. The van der Waals surface area contributed by atoms with Crippen molar-refractivity contribution in [3.8, 4) is 0 Å². The standard InChI is InChI=1S/C8H11BrN4O3/c1-3-4(2)10-8(14)6-5(9)7(12-11-6)13(15)16/h4H,3H2,1-2H3,(H,10,14)(H,11,12). The molecule has 0 aromatic carbocycles. The molecule has 0 fully saturated rings. The molecule has 2 N–H and O–H groups in total. The van der Waals surface area contributed by atoms with Gasteiger partial charge >= 0.3 is 5.82 Å². The Morgan fingerprint density at radius 2 is 2.38 bits per heavy atom. The Hall–Kier alpha value is -1.44. The number of H-pyrrole nitrogens is 1. The zero-order chi connectivity index (χ0) is 12.3. The van der Waals surface area contributed by atoms with Gasteiger partial charge in [-0.25, -0.2) is 0 Å². The van der Waals surface area contributed by atoms with E-state index >= 15 is 0 Å². The average molecular weight is 291 g/mol. The zero-order valence-electron chi connectivity index (χ0n) is 8.78. The van der Waals surface area contributed by atoms with Crippen LogP contribution in [-0.2, 0) is 0 Å². The summed E-state index contributed by atoms with van der Waals surface area (Å²) in [7, 11) is 0. The first kappa shape index (κ1) is 12.6. The molecule has 0 saturated heterocycles. The predicted molar refractivity (Wildman–Crippen MR) is 60.2 cm³/mol. The van der Waals surface area contributed by atoms with E-state index in [0.29, 0.717) is 0 Å². The fraction of sp³-hybridized carbons (Fsp3) is 0.500. The van der Waals surface area contributed by atoms with Gasteiger partial charge in [-0.05, 0) is 34.2 Å². The van der Waals surface area contributed by atoms with Gasteiger partial charge in [-0.3, -0.25) is 4.79 Å². The van der Waals surface area contributed by atoms with Crippen LogP contribution in [0.2, 0.25) is 0 Å². The Morgan fingerprint density at radius 1 is 1.75 bits per heavy atom. The molecular formula is C8H11BrN4O3. The van der Waals surface area contributed by atoms with Crippen molar-refractivity contribution in [1.82, 2.24) is 15.5 Å². The van der Waals surface area contributed by atoms with Crippen molar-refractivity contribution in [3.05, 3.63) is 20.3 Å². The number of carbonyl (C=O) groups excluding carboxylic acids is 1. The van der Waals surface area contributed by atoms with Gasteiger partial charge in [0, 0.05) is 6.04 Å². The van der Waals surface area contributed by atoms with Gasteiger partial charge in [0.1, 0.15) is 4.47 Å². The van der Waals surface area contributed by atoms with Crippen molar-refractivity contribution in [2.45, 2.75) is 26.3 Å². The normalized spacial score (nSPS) is 12.2. The highest BCUT2D eigenvalue weighted by atomic mass is 79.9. The third kappa shape index (κ3) is 2.57. The van der Waals surface area contributed by atoms with Crippen molar-refractivity contribution in [2.24, 2.45) is 0 Å². The zero-order valence-corrected chi connectivity index (χ0v) is 10.4. The number of nitro groups is 1. The van der Waals surface area contributed by atoms with E-state index < -0.39 is 10.8 Å². The average Bonchev–Trinajstić information content (AvgIpc) is 2.59. The molecule has 0 radical (unpaired) electrons. The molecule has 0 aliphatic carbocycles. The predicted octanol–water partition coefficient (Wildman–Crippen LogP) is 1.61. The number of hydrogen-bond donors (Lipinski definition) is 2. The van der Waals surface area contributed by atoms with Crippen LogP contribution in [0.15, 0.2) is 4.47 Å². The maximum absolute atomic E-state index is 11.6. The van der Waals surface area contributed by atoms with E-state index in [2.05, 4.69) is 31.4 Å². The maximum Gasteiger partial charge on any atom is 0.357 e. The SMILES string of the molecule is CCC(C)NC(=O)c1n[nH]c([N+](=O)[O-])c1Br. The Labute approximate surface area is 99.9 Å². The van der Waals surface area contributed by atoms with Crippen LogP contribution in [0, 0.1) is 10.1 Å². The summed E-state index contributed by atoms with van der Waals surface area (Å²) in [5.74, 6) is -0.764. The van der Waals surface area contributed by atoms with Crippen molar-refractivity contribution in [1.29, 1.82) is 0 Å². The van der Waals surface area contributed by atoms with Crippen LogP contribution in [0.1, 0.15) is 30.8 Å². The minimum atomic E-state index is -0.642. The Morgan fingerprint density at radius 3 is 2.81 bits per heavy atom. The van der Waals surface area contributed by atoms with E-state index in [9.17, 15) is 14.9 Å². The third-order valence-electron chi connectivity index (χ3n) is 2.08. The summed E-state index contributed by atoms with van der Waals surface area (Å²) in [6.45, 7) is 3.76. The second-order valence-corrected chi connectivity index (χ2v) is 4.07. The fourth-order valence-corrected chi connectivity index (χ4v) is 1.49. The van der Waals surface area contributed by atoms with E-state index in [4.69, 9.17) is 0 Å². The first-order valence-corrected chi connectivity index (χ1v) is 5.45. The highest BCUT2D eigenvalue weighted by Gasteiger charge is 2.24. The van der Waals surface area contributed by atoms with Crippen LogP contribution < -0.4 is 5.32 Å². The van der Waals surface area contributed by atoms with Crippen LogP contribution in [-0.4, -0.2) is 27.1 Å². The van der Waals surface area contributed by atoms with E-state index in [1.54, 1.807) is 0 Å². The van der Waals surface area contributed by atoms with Crippen LogP contribution in [0.4, 0.5) is 5.82 Å². The van der Waals surface area contributed by atoms with Crippen LogP contribution in [0.5, 0.6) is 0 Å². The second-order valence-electron chi connectivity index (χ2n) is 3.27.